The molecule has 1 aromatic rings. The van der Waals surface area contributed by atoms with E-state index >= 15 is 0 Å². The minimum atomic E-state index is -0.596. The Hall–Kier alpha value is -1.65. The molecule has 0 unspecified atom stereocenters. The van der Waals surface area contributed by atoms with Crippen molar-refractivity contribution in [1.82, 2.24) is 9.55 Å². The number of carbonyl (C=O) groups excluding carboxylic acids is 1. The number of aromatic nitrogens is 2. The van der Waals surface area contributed by atoms with Crippen LogP contribution in [0.2, 0.25) is 0 Å². The molecule has 0 aliphatic rings. The Morgan fingerprint density at radius 3 is 2.82 bits per heavy atom. The summed E-state index contributed by atoms with van der Waals surface area (Å²) in [5.74, 6) is 0. The average Bonchev–Trinajstić information content (AvgIpc) is 1.97. The van der Waals surface area contributed by atoms with Gasteiger partial charge in [-0.05, 0) is 0 Å². The van der Waals surface area contributed by atoms with Crippen LogP contribution in [0.4, 0.5) is 0 Å². The second-order valence-electron chi connectivity index (χ2n) is 1.85. The van der Waals surface area contributed by atoms with Crippen LogP contribution in [0, 0.1) is 0 Å². The standard InChI is InChI=1S/C6H5N2O3/c9-4-3-8-5(10)1-2-7-6(8)11/h1-2H,3H2,(H,7,11). The lowest BCUT2D eigenvalue weighted by Gasteiger charge is -1.93. The molecule has 0 fully saturated rings. The van der Waals surface area contributed by atoms with Crippen LogP contribution >= 0.6 is 0 Å². The summed E-state index contributed by atoms with van der Waals surface area (Å²) in [4.78, 5) is 33.6. The van der Waals surface area contributed by atoms with Crippen molar-refractivity contribution < 1.29 is 4.79 Å². The summed E-state index contributed by atoms with van der Waals surface area (Å²) in [6.07, 6.45) is 2.69. The third-order valence-corrected chi connectivity index (χ3v) is 1.17. The molecule has 57 valence electrons. The van der Waals surface area contributed by atoms with Gasteiger partial charge in [-0.15, -0.1) is 0 Å². The largest absolute Gasteiger partial charge is 0.328 e. The lowest BCUT2D eigenvalue weighted by atomic mass is 10.6. The molecule has 1 heterocycles. The first-order valence-electron chi connectivity index (χ1n) is 2.89. The van der Waals surface area contributed by atoms with Gasteiger partial charge in [0.1, 0.15) is 0 Å². The van der Waals surface area contributed by atoms with E-state index in [1.807, 2.05) is 0 Å². The van der Waals surface area contributed by atoms with E-state index in [1.165, 1.54) is 18.5 Å². The first-order chi connectivity index (χ1) is 5.25. The number of hydrogen-bond acceptors (Lipinski definition) is 3. The zero-order valence-corrected chi connectivity index (χ0v) is 5.53. The molecule has 1 radical (unpaired) electrons. The second kappa shape index (κ2) is 2.96. The molecule has 1 aromatic heterocycles. The van der Waals surface area contributed by atoms with Crippen LogP contribution in [0.25, 0.3) is 0 Å². The van der Waals surface area contributed by atoms with Crippen LogP contribution in [0.5, 0.6) is 0 Å². The first-order valence-corrected chi connectivity index (χ1v) is 2.89. The molecule has 0 aliphatic carbocycles. The molecule has 5 nitrogen and oxygen atoms in total. The lowest BCUT2D eigenvalue weighted by molar-refractivity contribution is 0.540. The van der Waals surface area contributed by atoms with Crippen molar-refractivity contribution in [1.29, 1.82) is 0 Å². The minimum Gasteiger partial charge on any atom is -0.314 e. The van der Waals surface area contributed by atoms with Crippen molar-refractivity contribution in [3.8, 4) is 0 Å². The summed E-state index contributed by atoms with van der Waals surface area (Å²) in [6, 6.07) is 1.17. The van der Waals surface area contributed by atoms with E-state index in [-0.39, 0.29) is 6.54 Å². The maximum absolute atomic E-state index is 10.8. The average molecular weight is 153 g/mol. The van der Waals surface area contributed by atoms with Gasteiger partial charge in [0.05, 0.1) is 6.54 Å². The Labute approximate surface area is 61.3 Å². The van der Waals surface area contributed by atoms with Gasteiger partial charge in [0.15, 0.2) is 0 Å². The topological polar surface area (TPSA) is 71.9 Å². The Bertz CT molecular complexity index is 334. The van der Waals surface area contributed by atoms with Crippen LogP contribution in [0.15, 0.2) is 21.9 Å². The van der Waals surface area contributed by atoms with Gasteiger partial charge in [-0.3, -0.25) is 14.2 Å². The van der Waals surface area contributed by atoms with Gasteiger partial charge in [0, 0.05) is 12.3 Å². The molecule has 5 heteroatoms. The summed E-state index contributed by atoms with van der Waals surface area (Å²) in [5, 5.41) is 0. The fraction of sp³-hybridized carbons (Fsp3) is 0.167. The van der Waals surface area contributed by atoms with Crippen LogP contribution in [0.1, 0.15) is 0 Å². The summed E-state index contributed by atoms with van der Waals surface area (Å²) in [5.41, 5.74) is -1.10. The molecular formula is C6H5N2O3. The van der Waals surface area contributed by atoms with Crippen molar-refractivity contribution >= 4 is 6.29 Å². The fourth-order valence-electron chi connectivity index (χ4n) is 0.666. The number of nitrogens with one attached hydrogen (secondary N) is 1. The number of nitrogens with zero attached hydrogens (tertiary/aromatic N) is 1. The normalized spacial score (nSPS) is 9.45. The van der Waals surface area contributed by atoms with Gasteiger partial charge in [-0.2, -0.15) is 0 Å². The van der Waals surface area contributed by atoms with Gasteiger partial charge < -0.3 is 4.98 Å². The summed E-state index contributed by atoms with van der Waals surface area (Å²) in [6.45, 7) is -0.324. The molecule has 0 saturated heterocycles. The predicted molar refractivity (Wildman–Crippen MR) is 37.0 cm³/mol. The Morgan fingerprint density at radius 2 is 2.27 bits per heavy atom. The van der Waals surface area contributed by atoms with E-state index in [1.54, 1.807) is 0 Å². The Balaban J connectivity index is 3.32. The van der Waals surface area contributed by atoms with Crippen molar-refractivity contribution in [3.05, 3.63) is 33.1 Å². The van der Waals surface area contributed by atoms with Gasteiger partial charge in [-0.1, -0.05) is 0 Å². The molecule has 11 heavy (non-hydrogen) atoms. The van der Waals surface area contributed by atoms with Gasteiger partial charge in [0.25, 0.3) is 5.56 Å². The molecule has 0 saturated carbocycles. The highest BCUT2D eigenvalue weighted by molar-refractivity contribution is 5.49. The Kier molecular flexibility index (Phi) is 2.00. The van der Waals surface area contributed by atoms with Crippen LogP contribution < -0.4 is 11.2 Å². The molecule has 0 aromatic carbocycles. The highest BCUT2D eigenvalue weighted by Crippen LogP contribution is 1.65. The van der Waals surface area contributed by atoms with E-state index in [0.29, 0.717) is 0 Å². The van der Waals surface area contributed by atoms with E-state index in [0.717, 1.165) is 4.57 Å². The Morgan fingerprint density at radius 1 is 1.55 bits per heavy atom. The zero-order valence-electron chi connectivity index (χ0n) is 5.53. The quantitative estimate of drug-likeness (QED) is 0.570. The fourth-order valence-corrected chi connectivity index (χ4v) is 0.666. The van der Waals surface area contributed by atoms with Crippen LogP contribution in [-0.4, -0.2) is 15.8 Å². The maximum Gasteiger partial charge on any atom is 0.328 e. The van der Waals surface area contributed by atoms with Crippen molar-refractivity contribution in [2.75, 3.05) is 0 Å². The van der Waals surface area contributed by atoms with E-state index < -0.39 is 11.2 Å². The molecule has 0 aliphatic heterocycles. The molecule has 1 N–H and O–H groups in total. The van der Waals surface area contributed by atoms with Gasteiger partial charge >= 0.3 is 5.69 Å². The number of aromatic amines is 1. The molecular weight excluding hydrogens is 148 g/mol. The van der Waals surface area contributed by atoms with Crippen LogP contribution in [-0.2, 0) is 11.3 Å². The number of hydrogen-bond donors (Lipinski definition) is 1. The van der Waals surface area contributed by atoms with Crippen LogP contribution in [0.3, 0.4) is 0 Å². The summed E-state index contributed by atoms with van der Waals surface area (Å²) in [7, 11) is 0. The zero-order chi connectivity index (χ0) is 8.27. The molecule has 0 spiro atoms. The smallest absolute Gasteiger partial charge is 0.314 e. The van der Waals surface area contributed by atoms with Crippen molar-refractivity contribution in [2.45, 2.75) is 6.54 Å². The number of rotatable bonds is 2. The van der Waals surface area contributed by atoms with E-state index in [2.05, 4.69) is 4.98 Å². The summed E-state index contributed by atoms with van der Waals surface area (Å²) < 4.78 is 0.757. The lowest BCUT2D eigenvalue weighted by Crippen LogP contribution is -2.34. The van der Waals surface area contributed by atoms with Gasteiger partial charge in [-0.25, -0.2) is 4.79 Å². The molecule has 0 amide bonds. The van der Waals surface area contributed by atoms with Gasteiger partial charge in [0.2, 0.25) is 6.29 Å². The van der Waals surface area contributed by atoms with E-state index in [4.69, 9.17) is 0 Å². The number of H-pyrrole nitrogens is 1. The minimum absolute atomic E-state index is 0.324. The molecule has 1 rings (SSSR count). The molecule has 0 atom stereocenters. The molecule has 0 bridgehead atoms. The third-order valence-electron chi connectivity index (χ3n) is 1.17. The highest BCUT2D eigenvalue weighted by Gasteiger charge is 1.96. The third kappa shape index (κ3) is 1.43. The second-order valence-corrected chi connectivity index (χ2v) is 1.85. The first kappa shape index (κ1) is 7.46. The maximum atomic E-state index is 10.8. The van der Waals surface area contributed by atoms with E-state index in [9.17, 15) is 14.4 Å². The summed E-state index contributed by atoms with van der Waals surface area (Å²) >= 11 is 0. The highest BCUT2D eigenvalue weighted by atomic mass is 16.2. The monoisotopic (exact) mass is 153 g/mol. The van der Waals surface area contributed by atoms with Crippen molar-refractivity contribution in [2.24, 2.45) is 0 Å². The SMILES string of the molecule is O=[C]Cn1c(=O)cc[nH]c1=O. The van der Waals surface area contributed by atoms with Crippen molar-refractivity contribution in [3.63, 3.8) is 0 Å². The predicted octanol–water partition coefficient (Wildman–Crippen LogP) is -1.35.